The van der Waals surface area contributed by atoms with Gasteiger partial charge in [0.25, 0.3) is 5.91 Å². The first-order valence-electron chi connectivity index (χ1n) is 9.65. The largest absolute Gasteiger partial charge is 0.478 e. The predicted octanol–water partition coefficient (Wildman–Crippen LogP) is 2.43. The number of hydrogen-bond donors (Lipinski definition) is 1. The van der Waals surface area contributed by atoms with E-state index < -0.39 is 5.97 Å². The van der Waals surface area contributed by atoms with E-state index in [2.05, 4.69) is 15.2 Å². The van der Waals surface area contributed by atoms with Gasteiger partial charge in [-0.05, 0) is 38.0 Å². The number of hydrogen-bond acceptors (Lipinski definition) is 6. The minimum atomic E-state index is -1.04. The lowest BCUT2D eigenvalue weighted by molar-refractivity contribution is 0.0372. The number of carbonyl (C=O) groups is 2. The second-order valence-corrected chi connectivity index (χ2v) is 7.15. The number of amides is 1. The number of ether oxygens (including phenoxy) is 1. The van der Waals surface area contributed by atoms with Gasteiger partial charge in [-0.15, -0.1) is 0 Å². The molecule has 0 unspecified atom stereocenters. The number of benzene rings is 1. The summed E-state index contributed by atoms with van der Waals surface area (Å²) in [6, 6.07) is 10.0. The molecule has 1 N–H and O–H groups in total. The fourth-order valence-electron chi connectivity index (χ4n) is 3.55. The van der Waals surface area contributed by atoms with Crippen molar-refractivity contribution < 1.29 is 19.4 Å². The molecule has 0 radical (unpaired) electrons. The number of aromatic carboxylic acids is 1. The molecule has 1 saturated heterocycles. The van der Waals surface area contributed by atoms with Crippen molar-refractivity contribution in [3.05, 3.63) is 66.1 Å². The van der Waals surface area contributed by atoms with E-state index in [0.29, 0.717) is 17.8 Å². The third kappa shape index (κ3) is 4.00. The Balaban J connectivity index is 1.54. The van der Waals surface area contributed by atoms with E-state index in [-0.39, 0.29) is 29.5 Å². The van der Waals surface area contributed by atoms with Crippen LogP contribution in [-0.4, -0.2) is 60.6 Å². The summed E-state index contributed by atoms with van der Waals surface area (Å²) in [7, 11) is 0. The highest BCUT2D eigenvalue weighted by atomic mass is 16.5. The van der Waals surface area contributed by atoms with Gasteiger partial charge in [-0.2, -0.15) is 15.0 Å². The molecule has 1 amide bonds. The third-order valence-corrected chi connectivity index (χ3v) is 5.14. The van der Waals surface area contributed by atoms with Crippen molar-refractivity contribution in [3.8, 4) is 11.6 Å². The SMILES string of the molecule is C[C@@H]1CC[C@@H](Oc2cc(C(=O)O)ccn2)CN1C(=O)c1ccccc1-n1nccn1. The van der Waals surface area contributed by atoms with E-state index in [1.54, 1.807) is 29.4 Å². The van der Waals surface area contributed by atoms with Crippen LogP contribution in [0.15, 0.2) is 55.0 Å². The van der Waals surface area contributed by atoms with Gasteiger partial charge in [0.1, 0.15) is 6.10 Å². The highest BCUT2D eigenvalue weighted by molar-refractivity contribution is 5.98. The Bertz CT molecular complexity index is 1050. The number of carboxylic acid groups (broad SMARTS) is 1. The molecule has 2 aromatic heterocycles. The number of carboxylic acids is 1. The number of nitrogens with zero attached hydrogens (tertiary/aromatic N) is 5. The number of para-hydroxylation sites is 1. The van der Waals surface area contributed by atoms with Gasteiger partial charge in [0, 0.05) is 18.3 Å². The number of piperidine rings is 1. The van der Waals surface area contributed by atoms with Crippen LogP contribution in [0.2, 0.25) is 0 Å². The number of pyridine rings is 1. The van der Waals surface area contributed by atoms with Crippen molar-refractivity contribution in [1.82, 2.24) is 24.9 Å². The molecular formula is C21H21N5O4. The second kappa shape index (κ2) is 8.32. The summed E-state index contributed by atoms with van der Waals surface area (Å²) >= 11 is 0. The zero-order chi connectivity index (χ0) is 21.1. The molecule has 3 aromatic rings. The van der Waals surface area contributed by atoms with E-state index in [1.807, 2.05) is 19.1 Å². The predicted molar refractivity (Wildman–Crippen MR) is 107 cm³/mol. The summed E-state index contributed by atoms with van der Waals surface area (Å²) in [5, 5.41) is 17.4. The van der Waals surface area contributed by atoms with Gasteiger partial charge in [-0.25, -0.2) is 9.78 Å². The van der Waals surface area contributed by atoms with Crippen LogP contribution in [0.25, 0.3) is 5.69 Å². The molecule has 1 aromatic carbocycles. The molecule has 2 atom stereocenters. The molecule has 1 aliphatic heterocycles. The van der Waals surface area contributed by atoms with Crippen LogP contribution >= 0.6 is 0 Å². The van der Waals surface area contributed by atoms with Gasteiger partial charge in [-0.1, -0.05) is 12.1 Å². The summed E-state index contributed by atoms with van der Waals surface area (Å²) in [6.45, 7) is 2.38. The lowest BCUT2D eigenvalue weighted by Crippen LogP contribution is -2.49. The van der Waals surface area contributed by atoms with Crippen LogP contribution in [0, 0.1) is 0 Å². The average molecular weight is 407 g/mol. The van der Waals surface area contributed by atoms with Crippen LogP contribution in [0.1, 0.15) is 40.5 Å². The minimum absolute atomic E-state index is 0.0364. The maximum atomic E-state index is 13.4. The second-order valence-electron chi connectivity index (χ2n) is 7.15. The maximum absolute atomic E-state index is 13.4. The zero-order valence-electron chi connectivity index (χ0n) is 16.4. The molecule has 1 fully saturated rings. The molecule has 3 heterocycles. The lowest BCUT2D eigenvalue weighted by Gasteiger charge is -2.38. The van der Waals surface area contributed by atoms with Crippen LogP contribution in [-0.2, 0) is 0 Å². The third-order valence-electron chi connectivity index (χ3n) is 5.14. The topological polar surface area (TPSA) is 110 Å². The van der Waals surface area contributed by atoms with Crippen LogP contribution < -0.4 is 4.74 Å². The lowest BCUT2D eigenvalue weighted by atomic mass is 9.99. The number of likely N-dealkylation sites (tertiary alicyclic amines) is 1. The van der Waals surface area contributed by atoms with Crippen LogP contribution in [0.4, 0.5) is 0 Å². The Labute approximate surface area is 172 Å². The monoisotopic (exact) mass is 407 g/mol. The van der Waals surface area contributed by atoms with Gasteiger partial charge in [-0.3, -0.25) is 4.79 Å². The normalized spacial score (nSPS) is 18.8. The summed E-state index contributed by atoms with van der Waals surface area (Å²) < 4.78 is 5.91. The maximum Gasteiger partial charge on any atom is 0.335 e. The van der Waals surface area contributed by atoms with E-state index in [0.717, 1.165) is 12.8 Å². The first kappa shape index (κ1) is 19.6. The molecule has 4 rings (SSSR count). The first-order chi connectivity index (χ1) is 14.5. The Morgan fingerprint density at radius 1 is 1.10 bits per heavy atom. The van der Waals surface area contributed by atoms with Gasteiger partial charge in [0.05, 0.1) is 35.8 Å². The van der Waals surface area contributed by atoms with Crippen molar-refractivity contribution in [3.63, 3.8) is 0 Å². The van der Waals surface area contributed by atoms with Crippen molar-refractivity contribution in [2.45, 2.75) is 31.9 Å². The highest BCUT2D eigenvalue weighted by Crippen LogP contribution is 2.25. The molecule has 9 nitrogen and oxygen atoms in total. The number of rotatable bonds is 5. The number of aromatic nitrogens is 4. The fraction of sp³-hybridized carbons (Fsp3) is 0.286. The zero-order valence-corrected chi connectivity index (χ0v) is 16.4. The average Bonchev–Trinajstić information content (AvgIpc) is 3.29. The van der Waals surface area contributed by atoms with E-state index >= 15 is 0 Å². The molecule has 154 valence electrons. The van der Waals surface area contributed by atoms with Gasteiger partial charge in [0.2, 0.25) is 5.88 Å². The summed E-state index contributed by atoms with van der Waals surface area (Å²) in [5.41, 5.74) is 1.23. The highest BCUT2D eigenvalue weighted by Gasteiger charge is 2.32. The van der Waals surface area contributed by atoms with Crippen molar-refractivity contribution in [2.24, 2.45) is 0 Å². The Kier molecular flexibility index (Phi) is 5.42. The van der Waals surface area contributed by atoms with Gasteiger partial charge < -0.3 is 14.7 Å². The molecule has 1 aliphatic rings. The van der Waals surface area contributed by atoms with Crippen molar-refractivity contribution in [1.29, 1.82) is 0 Å². The van der Waals surface area contributed by atoms with Crippen LogP contribution in [0.3, 0.4) is 0 Å². The fourth-order valence-corrected chi connectivity index (χ4v) is 3.55. The number of carbonyl (C=O) groups excluding carboxylic acids is 1. The van der Waals surface area contributed by atoms with Crippen molar-refractivity contribution in [2.75, 3.05) is 6.54 Å². The summed E-state index contributed by atoms with van der Waals surface area (Å²) in [5.74, 6) is -0.931. The Morgan fingerprint density at radius 2 is 1.87 bits per heavy atom. The quantitative estimate of drug-likeness (QED) is 0.691. The molecule has 0 aliphatic carbocycles. The minimum Gasteiger partial charge on any atom is -0.478 e. The molecule has 0 bridgehead atoms. The molecule has 0 spiro atoms. The van der Waals surface area contributed by atoms with E-state index in [9.17, 15) is 9.59 Å². The standard InChI is InChI=1S/C21H21N5O4/c1-14-6-7-16(30-19-12-15(21(28)29)8-9-22-19)13-25(14)20(27)17-4-2-3-5-18(17)26-23-10-11-24-26/h2-5,8-12,14,16H,6-7,13H2,1H3,(H,28,29)/t14-,16-/m1/s1. The van der Waals surface area contributed by atoms with Gasteiger partial charge >= 0.3 is 5.97 Å². The molecular weight excluding hydrogens is 386 g/mol. The molecule has 9 heteroatoms. The summed E-state index contributed by atoms with van der Waals surface area (Å²) in [6.07, 6.45) is 5.75. The van der Waals surface area contributed by atoms with Crippen molar-refractivity contribution >= 4 is 11.9 Å². The van der Waals surface area contributed by atoms with Gasteiger partial charge in [0.15, 0.2) is 0 Å². The molecule has 30 heavy (non-hydrogen) atoms. The Hall–Kier alpha value is -3.75. The van der Waals surface area contributed by atoms with E-state index in [1.165, 1.54) is 23.1 Å². The van der Waals surface area contributed by atoms with Crippen LogP contribution in [0.5, 0.6) is 5.88 Å². The smallest absolute Gasteiger partial charge is 0.335 e. The Morgan fingerprint density at radius 3 is 2.63 bits per heavy atom. The molecule has 0 saturated carbocycles. The summed E-state index contributed by atoms with van der Waals surface area (Å²) in [4.78, 5) is 31.8. The first-order valence-corrected chi connectivity index (χ1v) is 9.65. The van der Waals surface area contributed by atoms with E-state index in [4.69, 9.17) is 9.84 Å².